The maximum Gasteiger partial charge on any atom is 0.226 e. The molecule has 4 heterocycles. The predicted octanol–water partition coefficient (Wildman–Crippen LogP) is 3.82. The Morgan fingerprint density at radius 1 is 1.03 bits per heavy atom. The molecule has 1 aromatic carbocycles. The van der Waals surface area contributed by atoms with E-state index in [0.717, 1.165) is 90.1 Å². The number of rotatable bonds is 5. The number of benzene rings is 1. The van der Waals surface area contributed by atoms with Crippen LogP contribution in [0.1, 0.15) is 44.9 Å². The lowest BCUT2D eigenvalue weighted by atomic mass is 9.79. The second-order valence-electron chi connectivity index (χ2n) is 10.9. The van der Waals surface area contributed by atoms with E-state index in [9.17, 15) is 13.6 Å². The highest BCUT2D eigenvalue weighted by molar-refractivity contribution is 5.88. The number of carbonyl (C=O) groups excluding carboxylic acids is 1. The summed E-state index contributed by atoms with van der Waals surface area (Å²) in [6.45, 7) is 6.91. The molecule has 1 aliphatic carbocycles. The number of halogens is 2. The van der Waals surface area contributed by atoms with Crippen LogP contribution in [0.4, 0.5) is 14.6 Å². The van der Waals surface area contributed by atoms with Crippen molar-refractivity contribution in [2.45, 2.75) is 50.5 Å². The van der Waals surface area contributed by atoms with Crippen molar-refractivity contribution in [1.82, 2.24) is 15.0 Å². The van der Waals surface area contributed by atoms with Crippen LogP contribution in [-0.4, -0.2) is 78.9 Å². The van der Waals surface area contributed by atoms with Gasteiger partial charge in [-0.05, 0) is 63.5 Å². The second-order valence-corrected chi connectivity index (χ2v) is 10.9. The van der Waals surface area contributed by atoms with Gasteiger partial charge in [-0.2, -0.15) is 0 Å². The zero-order valence-corrected chi connectivity index (χ0v) is 20.2. The molecule has 1 spiro atoms. The molecule has 1 amide bonds. The van der Waals surface area contributed by atoms with E-state index in [1.165, 1.54) is 25.3 Å². The zero-order chi connectivity index (χ0) is 24.0. The van der Waals surface area contributed by atoms with E-state index < -0.39 is 11.6 Å². The van der Waals surface area contributed by atoms with Crippen LogP contribution < -0.4 is 4.90 Å². The summed E-state index contributed by atoms with van der Waals surface area (Å²) in [5.41, 5.74) is 0.445. The highest BCUT2D eigenvalue weighted by atomic mass is 19.2. The fraction of sp³-hybridized carbons (Fsp3) is 0.692. The van der Waals surface area contributed by atoms with Crippen molar-refractivity contribution in [2.24, 2.45) is 11.8 Å². The van der Waals surface area contributed by atoms with Crippen LogP contribution in [0.5, 0.6) is 0 Å². The van der Waals surface area contributed by atoms with Gasteiger partial charge in [0.15, 0.2) is 23.0 Å². The minimum atomic E-state index is -0.918. The van der Waals surface area contributed by atoms with Gasteiger partial charge in [0.05, 0.1) is 10.9 Å². The highest BCUT2D eigenvalue weighted by Crippen LogP contribution is 2.48. The number of fused-ring (bicyclic) bond motifs is 1. The summed E-state index contributed by atoms with van der Waals surface area (Å²) in [6, 6.07) is 2.24. The monoisotopic (exact) mass is 488 g/mol. The third-order valence-corrected chi connectivity index (χ3v) is 8.81. The fourth-order valence-corrected chi connectivity index (χ4v) is 6.36. The van der Waals surface area contributed by atoms with Crippen molar-refractivity contribution in [2.75, 3.05) is 57.4 Å². The predicted molar refractivity (Wildman–Crippen MR) is 127 cm³/mol. The summed E-state index contributed by atoms with van der Waals surface area (Å²) >= 11 is 0. The number of piperazine rings is 1. The maximum atomic E-state index is 13.7. The Morgan fingerprint density at radius 2 is 1.74 bits per heavy atom. The summed E-state index contributed by atoms with van der Waals surface area (Å²) in [5, 5.41) is 4.60. The Balaban J connectivity index is 0.946. The molecule has 6 rings (SSSR count). The number of carbonyl (C=O) groups is 1. The Labute approximate surface area is 204 Å². The molecule has 190 valence electrons. The van der Waals surface area contributed by atoms with Gasteiger partial charge in [0.25, 0.3) is 0 Å². The third kappa shape index (κ3) is 4.53. The minimum Gasteiger partial charge on any atom is -0.381 e. The molecule has 1 saturated carbocycles. The van der Waals surface area contributed by atoms with E-state index in [-0.39, 0.29) is 17.0 Å². The molecule has 7 nitrogen and oxygen atoms in total. The van der Waals surface area contributed by atoms with Crippen LogP contribution in [0.15, 0.2) is 16.7 Å². The van der Waals surface area contributed by atoms with Crippen molar-refractivity contribution in [1.29, 1.82) is 0 Å². The normalized spacial score (nSPS) is 28.2. The molecule has 0 bridgehead atoms. The third-order valence-electron chi connectivity index (χ3n) is 8.81. The summed E-state index contributed by atoms with van der Waals surface area (Å²) < 4.78 is 37.8. The van der Waals surface area contributed by atoms with Crippen molar-refractivity contribution >= 4 is 22.7 Å². The van der Waals surface area contributed by atoms with Gasteiger partial charge in [0.1, 0.15) is 0 Å². The van der Waals surface area contributed by atoms with Crippen molar-refractivity contribution < 1.29 is 22.8 Å². The first-order valence-corrected chi connectivity index (χ1v) is 13.1. The first-order valence-electron chi connectivity index (χ1n) is 13.1. The summed E-state index contributed by atoms with van der Waals surface area (Å²) in [6.07, 6.45) is 7.68. The van der Waals surface area contributed by atoms with E-state index in [2.05, 4.69) is 19.9 Å². The highest BCUT2D eigenvalue weighted by Gasteiger charge is 2.56. The number of ether oxygens (including phenoxy) is 1. The van der Waals surface area contributed by atoms with Gasteiger partial charge in [-0.15, -0.1) is 0 Å². The Kier molecular flexibility index (Phi) is 6.16. The van der Waals surface area contributed by atoms with Gasteiger partial charge in [-0.25, -0.2) is 8.78 Å². The lowest BCUT2D eigenvalue weighted by Crippen LogP contribution is -2.47. The quantitative estimate of drug-likeness (QED) is 0.597. The van der Waals surface area contributed by atoms with Gasteiger partial charge in [0.2, 0.25) is 5.91 Å². The largest absolute Gasteiger partial charge is 0.381 e. The molecule has 2 aromatic rings. The molecule has 0 unspecified atom stereocenters. The molecule has 0 radical (unpaired) electrons. The van der Waals surface area contributed by atoms with Crippen molar-refractivity contribution in [3.8, 4) is 0 Å². The first kappa shape index (κ1) is 23.2. The molecule has 3 aliphatic heterocycles. The average Bonchev–Trinajstić information content (AvgIpc) is 3.44. The maximum absolute atomic E-state index is 13.7. The molecular formula is C26H34F2N4O3. The molecule has 35 heavy (non-hydrogen) atoms. The Hall–Kier alpha value is -2.26. The van der Waals surface area contributed by atoms with E-state index in [4.69, 9.17) is 9.26 Å². The van der Waals surface area contributed by atoms with Crippen LogP contribution in [0.2, 0.25) is 0 Å². The average molecular weight is 489 g/mol. The van der Waals surface area contributed by atoms with Crippen LogP contribution in [0, 0.1) is 23.5 Å². The van der Waals surface area contributed by atoms with E-state index in [1.54, 1.807) is 0 Å². The molecule has 0 atom stereocenters. The van der Waals surface area contributed by atoms with Crippen molar-refractivity contribution in [3.63, 3.8) is 0 Å². The van der Waals surface area contributed by atoms with Gasteiger partial charge in [-0.3, -0.25) is 9.69 Å². The minimum absolute atomic E-state index is 0.167. The van der Waals surface area contributed by atoms with Crippen LogP contribution in [0.25, 0.3) is 11.0 Å². The number of hydrogen-bond acceptors (Lipinski definition) is 6. The first-order chi connectivity index (χ1) is 17.0. The van der Waals surface area contributed by atoms with Crippen molar-refractivity contribution in [3.05, 3.63) is 23.8 Å². The van der Waals surface area contributed by atoms with Gasteiger partial charge in [0, 0.05) is 57.9 Å². The molecule has 4 fully saturated rings. The van der Waals surface area contributed by atoms with Gasteiger partial charge < -0.3 is 19.1 Å². The molecule has 3 saturated heterocycles. The van der Waals surface area contributed by atoms with E-state index >= 15 is 0 Å². The molecule has 4 aliphatic rings. The lowest BCUT2D eigenvalue weighted by Gasteiger charge is -2.36. The molecule has 9 heteroatoms. The fourth-order valence-electron chi connectivity index (χ4n) is 6.36. The number of aromatic nitrogens is 1. The lowest BCUT2D eigenvalue weighted by molar-refractivity contribution is -0.134. The standard InChI is InChI=1S/C26H34F2N4O3/c27-21-15-20-23(16-22(21)28)35-29-24(20)31-11-9-30(10-12-31)8-3-18-1-6-26(7-2-18)17-32(26)25(33)19-4-13-34-14-5-19/h15-16,18-19H,1-14,17H2. The molecule has 1 aromatic heterocycles. The van der Waals surface area contributed by atoms with E-state index in [0.29, 0.717) is 17.1 Å². The second kappa shape index (κ2) is 9.32. The summed E-state index contributed by atoms with van der Waals surface area (Å²) in [4.78, 5) is 19.6. The molecule has 0 N–H and O–H groups in total. The van der Waals surface area contributed by atoms with Gasteiger partial charge in [-0.1, -0.05) is 5.16 Å². The zero-order valence-electron chi connectivity index (χ0n) is 20.2. The van der Waals surface area contributed by atoms with Crippen LogP contribution in [-0.2, 0) is 9.53 Å². The Morgan fingerprint density at radius 3 is 2.49 bits per heavy atom. The molecular weight excluding hydrogens is 454 g/mol. The topological polar surface area (TPSA) is 61.8 Å². The summed E-state index contributed by atoms with van der Waals surface area (Å²) in [7, 11) is 0. The number of hydrogen-bond donors (Lipinski definition) is 0. The number of amides is 1. The van der Waals surface area contributed by atoms with Gasteiger partial charge >= 0.3 is 0 Å². The van der Waals surface area contributed by atoms with Crippen LogP contribution >= 0.6 is 0 Å². The smallest absolute Gasteiger partial charge is 0.226 e. The summed E-state index contributed by atoms with van der Waals surface area (Å²) in [5.74, 6) is 0.0838. The SMILES string of the molecule is O=C(C1CCOCC1)N1CC12CCC(CCN1CCN(c3noc4cc(F)c(F)cc34)CC1)CC2. The number of anilines is 1. The Bertz CT molecular complexity index is 1070. The van der Waals surface area contributed by atoms with E-state index in [1.807, 2.05) is 0 Å². The van der Waals surface area contributed by atoms with Crippen LogP contribution in [0.3, 0.4) is 0 Å². The number of nitrogens with zero attached hydrogens (tertiary/aromatic N) is 4.